The van der Waals surface area contributed by atoms with Gasteiger partial charge in [-0.15, -0.1) is 0 Å². The first-order valence-electron chi connectivity index (χ1n) is 11.7. The minimum atomic E-state index is -0.783. The third kappa shape index (κ3) is 4.78. The molecule has 0 saturated carbocycles. The van der Waals surface area contributed by atoms with Crippen molar-refractivity contribution in [1.82, 2.24) is 0 Å². The van der Waals surface area contributed by atoms with Gasteiger partial charge in [-0.1, -0.05) is 55.0 Å². The molecule has 6 nitrogen and oxygen atoms in total. The molecule has 6 heteroatoms. The molecule has 0 spiro atoms. The number of amides is 1. The van der Waals surface area contributed by atoms with Crippen molar-refractivity contribution in [2.45, 2.75) is 26.3 Å². The summed E-state index contributed by atoms with van der Waals surface area (Å²) in [5.74, 6) is -0.977. The summed E-state index contributed by atoms with van der Waals surface area (Å²) in [5, 5.41) is 11.3. The standard InChI is InChI=1S/C29H30N2O4/c1-5-17-35-24-8-6-7-23(18-24)31-26(20-13-15-22(16-14-20)30(3)4)25(28(33)29(31)34)27(32)21-11-9-19(2)10-12-21/h6-16,18,26,32H,5,17H2,1-4H3/b27-25+. The first-order valence-corrected chi connectivity index (χ1v) is 11.7. The lowest BCUT2D eigenvalue weighted by atomic mass is 9.94. The van der Waals surface area contributed by atoms with Crippen molar-refractivity contribution in [3.63, 3.8) is 0 Å². The van der Waals surface area contributed by atoms with Crippen molar-refractivity contribution in [2.24, 2.45) is 0 Å². The van der Waals surface area contributed by atoms with Gasteiger partial charge in [0.2, 0.25) is 0 Å². The van der Waals surface area contributed by atoms with Crippen LogP contribution in [0.25, 0.3) is 5.76 Å². The lowest BCUT2D eigenvalue weighted by Gasteiger charge is -2.26. The largest absolute Gasteiger partial charge is 0.507 e. The lowest BCUT2D eigenvalue weighted by molar-refractivity contribution is -0.132. The van der Waals surface area contributed by atoms with E-state index in [0.29, 0.717) is 23.6 Å². The van der Waals surface area contributed by atoms with Crippen LogP contribution in [0.4, 0.5) is 11.4 Å². The fraction of sp³-hybridized carbons (Fsp3) is 0.241. The molecular weight excluding hydrogens is 440 g/mol. The van der Waals surface area contributed by atoms with Crippen LogP contribution in [0.15, 0.2) is 78.4 Å². The number of carbonyl (C=O) groups excluding carboxylic acids is 2. The van der Waals surface area contributed by atoms with Crippen LogP contribution < -0.4 is 14.5 Å². The van der Waals surface area contributed by atoms with E-state index in [4.69, 9.17) is 4.74 Å². The Bertz CT molecular complexity index is 1260. The predicted octanol–water partition coefficient (Wildman–Crippen LogP) is 5.48. The number of carbonyl (C=O) groups is 2. The van der Waals surface area contributed by atoms with Crippen molar-refractivity contribution in [3.05, 3.63) is 95.1 Å². The number of ether oxygens (including phenoxy) is 1. The molecule has 1 saturated heterocycles. The molecule has 0 radical (unpaired) electrons. The fourth-order valence-electron chi connectivity index (χ4n) is 4.18. The molecule has 1 fully saturated rings. The van der Waals surface area contributed by atoms with Gasteiger partial charge >= 0.3 is 0 Å². The van der Waals surface area contributed by atoms with E-state index in [0.717, 1.165) is 23.2 Å². The van der Waals surface area contributed by atoms with Gasteiger partial charge in [0.25, 0.3) is 11.7 Å². The summed E-state index contributed by atoms with van der Waals surface area (Å²) in [5.41, 5.74) is 3.83. The van der Waals surface area contributed by atoms with Gasteiger partial charge in [0.15, 0.2) is 0 Å². The highest BCUT2D eigenvalue weighted by Gasteiger charge is 2.47. The van der Waals surface area contributed by atoms with Crippen molar-refractivity contribution in [2.75, 3.05) is 30.5 Å². The average Bonchev–Trinajstić information content (AvgIpc) is 3.13. The molecule has 1 heterocycles. The molecule has 1 unspecified atom stereocenters. The monoisotopic (exact) mass is 470 g/mol. The van der Waals surface area contributed by atoms with E-state index in [1.807, 2.05) is 75.3 Å². The van der Waals surface area contributed by atoms with E-state index in [1.165, 1.54) is 4.90 Å². The molecule has 180 valence electrons. The highest BCUT2D eigenvalue weighted by molar-refractivity contribution is 6.51. The second kappa shape index (κ2) is 10.1. The molecule has 1 aliphatic rings. The summed E-state index contributed by atoms with van der Waals surface area (Å²) < 4.78 is 5.77. The number of aryl methyl sites for hydroxylation is 1. The molecule has 0 bridgehead atoms. The maximum Gasteiger partial charge on any atom is 0.300 e. The molecular formula is C29H30N2O4. The van der Waals surface area contributed by atoms with Gasteiger partial charge in [0, 0.05) is 37.1 Å². The number of rotatable bonds is 7. The van der Waals surface area contributed by atoms with E-state index in [-0.39, 0.29) is 11.3 Å². The molecule has 3 aromatic carbocycles. The third-order valence-electron chi connectivity index (χ3n) is 6.06. The number of nitrogens with zero attached hydrogens (tertiary/aromatic N) is 2. The van der Waals surface area contributed by atoms with Crippen LogP contribution in [0.3, 0.4) is 0 Å². The van der Waals surface area contributed by atoms with Crippen molar-refractivity contribution in [3.8, 4) is 5.75 Å². The Morgan fingerprint density at radius 2 is 1.69 bits per heavy atom. The van der Waals surface area contributed by atoms with Crippen LogP contribution in [0.2, 0.25) is 0 Å². The van der Waals surface area contributed by atoms with Gasteiger partial charge in [-0.3, -0.25) is 14.5 Å². The molecule has 1 atom stereocenters. The Balaban J connectivity index is 1.88. The number of anilines is 2. The highest BCUT2D eigenvalue weighted by atomic mass is 16.5. The van der Waals surface area contributed by atoms with Crippen LogP contribution in [-0.2, 0) is 9.59 Å². The van der Waals surface area contributed by atoms with Gasteiger partial charge in [-0.25, -0.2) is 0 Å². The number of hydrogen-bond donors (Lipinski definition) is 1. The zero-order valence-electron chi connectivity index (χ0n) is 20.5. The van der Waals surface area contributed by atoms with E-state index >= 15 is 0 Å². The molecule has 3 aromatic rings. The number of Topliss-reactive ketones (excluding diaryl/α,β-unsaturated/α-hetero) is 1. The minimum absolute atomic E-state index is 0.0661. The average molecular weight is 471 g/mol. The Hall–Kier alpha value is -4.06. The Labute approximate surface area is 206 Å². The summed E-state index contributed by atoms with van der Waals surface area (Å²) in [4.78, 5) is 30.1. The van der Waals surface area contributed by atoms with Gasteiger partial charge in [-0.05, 0) is 43.2 Å². The number of hydrogen-bond acceptors (Lipinski definition) is 5. The molecule has 1 N–H and O–H groups in total. The summed E-state index contributed by atoms with van der Waals surface area (Å²) >= 11 is 0. The molecule has 35 heavy (non-hydrogen) atoms. The first kappa shape index (κ1) is 24.1. The van der Waals surface area contributed by atoms with Crippen LogP contribution >= 0.6 is 0 Å². The second-order valence-corrected chi connectivity index (χ2v) is 8.87. The topological polar surface area (TPSA) is 70.1 Å². The maximum absolute atomic E-state index is 13.4. The maximum atomic E-state index is 13.4. The minimum Gasteiger partial charge on any atom is -0.507 e. The highest BCUT2D eigenvalue weighted by Crippen LogP contribution is 2.43. The van der Waals surface area contributed by atoms with Crippen LogP contribution in [-0.4, -0.2) is 37.5 Å². The molecule has 1 aliphatic heterocycles. The second-order valence-electron chi connectivity index (χ2n) is 8.87. The fourth-order valence-corrected chi connectivity index (χ4v) is 4.18. The Morgan fingerprint density at radius 3 is 2.31 bits per heavy atom. The zero-order chi connectivity index (χ0) is 25.1. The molecule has 0 aliphatic carbocycles. The normalized spacial score (nSPS) is 17.0. The number of benzene rings is 3. The van der Waals surface area contributed by atoms with Crippen LogP contribution in [0, 0.1) is 6.92 Å². The van der Waals surface area contributed by atoms with E-state index in [2.05, 4.69) is 0 Å². The molecule has 4 rings (SSSR count). The third-order valence-corrected chi connectivity index (χ3v) is 6.06. The van der Waals surface area contributed by atoms with Gasteiger partial charge in [0.05, 0.1) is 18.2 Å². The van der Waals surface area contributed by atoms with Crippen LogP contribution in [0.5, 0.6) is 5.75 Å². The Kier molecular flexibility index (Phi) is 6.92. The number of ketones is 1. The summed E-state index contributed by atoms with van der Waals surface area (Å²) in [6.45, 7) is 4.51. The van der Waals surface area contributed by atoms with Crippen molar-refractivity contribution >= 4 is 28.8 Å². The lowest BCUT2D eigenvalue weighted by Crippen LogP contribution is -2.29. The van der Waals surface area contributed by atoms with Gasteiger partial charge in [0.1, 0.15) is 11.5 Å². The molecule has 0 aromatic heterocycles. The smallest absolute Gasteiger partial charge is 0.300 e. The quantitative estimate of drug-likeness (QED) is 0.281. The summed E-state index contributed by atoms with van der Waals surface area (Å²) in [6.07, 6.45) is 0.851. The zero-order valence-corrected chi connectivity index (χ0v) is 20.5. The van der Waals surface area contributed by atoms with Gasteiger partial charge in [-0.2, -0.15) is 0 Å². The SMILES string of the molecule is CCCOc1cccc(N2C(=O)C(=O)/C(=C(/O)c3ccc(C)cc3)C2c2ccc(N(C)C)cc2)c1. The van der Waals surface area contributed by atoms with Crippen molar-refractivity contribution < 1.29 is 19.4 Å². The number of aliphatic hydroxyl groups excluding tert-OH is 1. The first-order chi connectivity index (χ1) is 16.8. The van der Waals surface area contributed by atoms with E-state index in [1.54, 1.807) is 30.3 Å². The van der Waals surface area contributed by atoms with E-state index < -0.39 is 17.7 Å². The number of aliphatic hydroxyl groups is 1. The summed E-state index contributed by atoms with van der Waals surface area (Å²) in [7, 11) is 3.89. The predicted molar refractivity (Wildman–Crippen MR) is 139 cm³/mol. The molecule has 1 amide bonds. The Morgan fingerprint density at radius 1 is 1.00 bits per heavy atom. The van der Waals surface area contributed by atoms with Gasteiger partial charge < -0.3 is 14.7 Å². The summed E-state index contributed by atoms with van der Waals surface area (Å²) in [6, 6.07) is 21.2. The van der Waals surface area contributed by atoms with Crippen LogP contribution in [0.1, 0.15) is 36.1 Å². The van der Waals surface area contributed by atoms with E-state index in [9.17, 15) is 14.7 Å². The van der Waals surface area contributed by atoms with Crippen molar-refractivity contribution in [1.29, 1.82) is 0 Å².